The normalized spacial score (nSPS) is 18.1. The van der Waals surface area contributed by atoms with Crippen LogP contribution in [0.25, 0.3) is 0 Å². The van der Waals surface area contributed by atoms with Gasteiger partial charge in [0.25, 0.3) is 0 Å². The first-order valence-corrected chi connectivity index (χ1v) is 8.42. The Balaban J connectivity index is 1.84. The summed E-state index contributed by atoms with van der Waals surface area (Å²) in [4.78, 5) is 0. The quantitative estimate of drug-likeness (QED) is 0.785. The topological polar surface area (TPSA) is 12.0 Å². The van der Waals surface area contributed by atoms with Crippen LogP contribution in [0.2, 0.25) is 0 Å². The molecule has 1 atom stereocenters. The molecule has 1 aliphatic rings. The summed E-state index contributed by atoms with van der Waals surface area (Å²) < 4.78 is 0. The fraction of sp³-hybridized carbons (Fsp3) is 0.684. The highest BCUT2D eigenvalue weighted by molar-refractivity contribution is 5.29. The molecular formula is C19H31N. The molecule has 1 heteroatoms. The third-order valence-corrected chi connectivity index (χ3v) is 4.82. The van der Waals surface area contributed by atoms with E-state index in [1.165, 1.54) is 68.1 Å². The van der Waals surface area contributed by atoms with E-state index >= 15 is 0 Å². The molecule has 112 valence electrons. The number of hydrogen-bond donors (Lipinski definition) is 1. The zero-order valence-corrected chi connectivity index (χ0v) is 13.5. The average molecular weight is 273 g/mol. The van der Waals surface area contributed by atoms with Crippen LogP contribution in [-0.2, 0) is 6.42 Å². The van der Waals surface area contributed by atoms with Gasteiger partial charge >= 0.3 is 0 Å². The molecule has 1 aromatic carbocycles. The second-order valence-electron chi connectivity index (χ2n) is 6.77. The molecular weight excluding hydrogens is 242 g/mol. The minimum Gasteiger partial charge on any atom is -0.317 e. The lowest BCUT2D eigenvalue weighted by Gasteiger charge is -2.24. The summed E-state index contributed by atoms with van der Waals surface area (Å²) in [5.41, 5.74) is 4.27. The fourth-order valence-electron chi connectivity index (χ4n) is 3.73. The summed E-state index contributed by atoms with van der Waals surface area (Å²) in [7, 11) is 2.12. The Kier molecular flexibility index (Phi) is 6.09. The van der Waals surface area contributed by atoms with Gasteiger partial charge in [-0.2, -0.15) is 0 Å². The highest BCUT2D eigenvalue weighted by Crippen LogP contribution is 2.28. The van der Waals surface area contributed by atoms with Crippen molar-refractivity contribution in [1.82, 2.24) is 5.32 Å². The van der Waals surface area contributed by atoms with Gasteiger partial charge in [0.05, 0.1) is 0 Å². The van der Waals surface area contributed by atoms with Crippen molar-refractivity contribution < 1.29 is 0 Å². The third-order valence-electron chi connectivity index (χ3n) is 4.82. The van der Waals surface area contributed by atoms with Crippen LogP contribution < -0.4 is 5.32 Å². The molecule has 0 spiro atoms. The minimum absolute atomic E-state index is 0.637. The van der Waals surface area contributed by atoms with Crippen LogP contribution in [0.5, 0.6) is 0 Å². The lowest BCUT2D eigenvalue weighted by atomic mass is 9.84. The van der Waals surface area contributed by atoms with Crippen LogP contribution in [0.3, 0.4) is 0 Å². The molecule has 1 unspecified atom stereocenters. The Morgan fingerprint density at radius 3 is 2.30 bits per heavy atom. The van der Waals surface area contributed by atoms with Crippen molar-refractivity contribution in [3.63, 3.8) is 0 Å². The van der Waals surface area contributed by atoms with Crippen LogP contribution in [0.1, 0.15) is 61.6 Å². The molecule has 0 bridgehead atoms. The van der Waals surface area contributed by atoms with Crippen LogP contribution in [0, 0.1) is 19.8 Å². The van der Waals surface area contributed by atoms with Crippen molar-refractivity contribution in [2.24, 2.45) is 5.92 Å². The van der Waals surface area contributed by atoms with Crippen molar-refractivity contribution in [2.45, 2.75) is 71.3 Å². The Labute approximate surface area is 125 Å². The third kappa shape index (κ3) is 4.94. The van der Waals surface area contributed by atoms with Gasteiger partial charge in [0.1, 0.15) is 0 Å². The van der Waals surface area contributed by atoms with Crippen LogP contribution in [0.4, 0.5) is 0 Å². The van der Waals surface area contributed by atoms with Gasteiger partial charge < -0.3 is 5.32 Å². The fourth-order valence-corrected chi connectivity index (χ4v) is 3.73. The van der Waals surface area contributed by atoms with Gasteiger partial charge in [0, 0.05) is 6.04 Å². The van der Waals surface area contributed by atoms with Gasteiger partial charge in [0.15, 0.2) is 0 Å². The van der Waals surface area contributed by atoms with Gasteiger partial charge in [-0.05, 0) is 51.6 Å². The first kappa shape index (κ1) is 15.6. The van der Waals surface area contributed by atoms with Crippen molar-refractivity contribution in [2.75, 3.05) is 7.05 Å². The Bertz CT molecular complexity index is 384. The van der Waals surface area contributed by atoms with Gasteiger partial charge in [0.2, 0.25) is 0 Å². The molecule has 2 rings (SSSR count). The molecule has 20 heavy (non-hydrogen) atoms. The maximum atomic E-state index is 3.53. The second-order valence-corrected chi connectivity index (χ2v) is 6.77. The first-order valence-electron chi connectivity index (χ1n) is 8.42. The lowest BCUT2D eigenvalue weighted by molar-refractivity contribution is 0.316. The number of likely N-dealkylation sites (N-methyl/N-ethyl adjacent to an activating group) is 1. The minimum atomic E-state index is 0.637. The van der Waals surface area contributed by atoms with E-state index in [-0.39, 0.29) is 0 Å². The number of nitrogens with one attached hydrogen (secondary N) is 1. The standard InChI is InChI=1S/C19H31N/c1-15-11-16(2)13-18(12-15)14-19(20-3)10-9-17-7-5-4-6-8-17/h11-13,17,19-20H,4-10,14H2,1-3H3. The average Bonchev–Trinajstić information content (AvgIpc) is 2.43. The van der Waals surface area contributed by atoms with E-state index in [4.69, 9.17) is 0 Å². The highest BCUT2D eigenvalue weighted by atomic mass is 14.9. The molecule has 1 nitrogen and oxygen atoms in total. The smallest absolute Gasteiger partial charge is 0.0105 e. The summed E-state index contributed by atoms with van der Waals surface area (Å²) in [6, 6.07) is 7.59. The largest absolute Gasteiger partial charge is 0.317 e. The van der Waals surface area contributed by atoms with Crippen molar-refractivity contribution in [1.29, 1.82) is 0 Å². The number of aryl methyl sites for hydroxylation is 2. The highest BCUT2D eigenvalue weighted by Gasteiger charge is 2.16. The Hall–Kier alpha value is -0.820. The summed E-state index contributed by atoms with van der Waals surface area (Å²) >= 11 is 0. The SMILES string of the molecule is CNC(CCC1CCCCC1)Cc1cc(C)cc(C)c1. The molecule has 1 fully saturated rings. The molecule has 0 saturated heterocycles. The molecule has 1 N–H and O–H groups in total. The Morgan fingerprint density at radius 1 is 1.05 bits per heavy atom. The van der Waals surface area contributed by atoms with E-state index < -0.39 is 0 Å². The Morgan fingerprint density at radius 2 is 1.70 bits per heavy atom. The van der Waals surface area contributed by atoms with Gasteiger partial charge in [-0.3, -0.25) is 0 Å². The molecule has 0 amide bonds. The van der Waals surface area contributed by atoms with E-state index in [2.05, 4.69) is 44.4 Å². The number of benzene rings is 1. The number of rotatable bonds is 6. The van der Waals surface area contributed by atoms with Crippen molar-refractivity contribution in [3.05, 3.63) is 34.9 Å². The lowest BCUT2D eigenvalue weighted by Crippen LogP contribution is -2.28. The molecule has 1 aliphatic carbocycles. The summed E-state index contributed by atoms with van der Waals surface area (Å²) in [5.74, 6) is 0.999. The first-order chi connectivity index (χ1) is 9.67. The summed E-state index contributed by atoms with van der Waals surface area (Å²) in [6.07, 6.45) is 11.3. The zero-order chi connectivity index (χ0) is 14.4. The maximum Gasteiger partial charge on any atom is 0.0105 e. The van der Waals surface area contributed by atoms with Crippen molar-refractivity contribution >= 4 is 0 Å². The van der Waals surface area contributed by atoms with Crippen LogP contribution >= 0.6 is 0 Å². The van der Waals surface area contributed by atoms with E-state index in [0.717, 1.165) is 5.92 Å². The van der Waals surface area contributed by atoms with E-state index in [9.17, 15) is 0 Å². The monoisotopic (exact) mass is 273 g/mol. The predicted octanol–water partition coefficient (Wildman–Crippen LogP) is 4.79. The van der Waals surface area contributed by atoms with Gasteiger partial charge in [-0.15, -0.1) is 0 Å². The molecule has 0 aliphatic heterocycles. The van der Waals surface area contributed by atoms with Crippen molar-refractivity contribution in [3.8, 4) is 0 Å². The maximum absolute atomic E-state index is 3.53. The molecule has 0 aromatic heterocycles. The zero-order valence-electron chi connectivity index (χ0n) is 13.5. The summed E-state index contributed by atoms with van der Waals surface area (Å²) in [6.45, 7) is 4.40. The second kappa shape index (κ2) is 7.83. The van der Waals surface area contributed by atoms with E-state index in [1.807, 2.05) is 0 Å². The van der Waals surface area contributed by atoms with Crippen LogP contribution in [0.15, 0.2) is 18.2 Å². The van der Waals surface area contributed by atoms with Gasteiger partial charge in [-0.25, -0.2) is 0 Å². The predicted molar refractivity (Wildman–Crippen MR) is 88.3 cm³/mol. The van der Waals surface area contributed by atoms with E-state index in [1.54, 1.807) is 0 Å². The molecule has 1 aromatic rings. The summed E-state index contributed by atoms with van der Waals surface area (Å²) in [5, 5.41) is 3.53. The molecule has 0 heterocycles. The molecule has 1 saturated carbocycles. The number of hydrogen-bond acceptors (Lipinski definition) is 1. The van der Waals surface area contributed by atoms with E-state index in [0.29, 0.717) is 6.04 Å². The van der Waals surface area contributed by atoms with Crippen LogP contribution in [-0.4, -0.2) is 13.1 Å². The molecule has 0 radical (unpaired) electrons. The van der Waals surface area contributed by atoms with Gasteiger partial charge in [-0.1, -0.05) is 61.4 Å².